The van der Waals surface area contributed by atoms with Crippen molar-refractivity contribution in [3.05, 3.63) is 29.3 Å². The summed E-state index contributed by atoms with van der Waals surface area (Å²) in [7, 11) is 0. The van der Waals surface area contributed by atoms with Crippen molar-refractivity contribution in [1.82, 2.24) is 0 Å². The number of nitrogens with two attached hydrogens (primary N) is 1. The molecule has 0 radical (unpaired) electrons. The molecule has 1 aromatic carbocycles. The van der Waals surface area contributed by atoms with E-state index in [1.54, 1.807) is 0 Å². The molecule has 3 N–H and O–H groups in total. The summed E-state index contributed by atoms with van der Waals surface area (Å²) in [5.41, 5.74) is 8.72. The second-order valence-corrected chi connectivity index (χ2v) is 3.98. The van der Waals surface area contributed by atoms with Crippen LogP contribution >= 0.6 is 0 Å². The number of carbonyl (C=O) groups excluding carboxylic acids is 1. The van der Waals surface area contributed by atoms with E-state index in [-0.39, 0.29) is 11.8 Å². The Balaban J connectivity index is 2.58. The maximum absolute atomic E-state index is 10.8. The lowest BCUT2D eigenvalue weighted by molar-refractivity contribution is -0.120. The summed E-state index contributed by atoms with van der Waals surface area (Å²) in [6.45, 7) is 6.54. The van der Waals surface area contributed by atoms with Crippen molar-refractivity contribution in [2.24, 2.45) is 11.7 Å². The van der Waals surface area contributed by atoms with Gasteiger partial charge in [-0.2, -0.15) is 0 Å². The molecule has 1 aromatic rings. The predicted octanol–water partition coefficient (Wildman–Crippen LogP) is 1.84. The standard InChI is InChI=1S/C12H18N2O/c1-8-4-5-11(6-9(8)2)14-7-10(3)12(13)15/h4-6,10,14H,7H2,1-3H3,(H2,13,15). The van der Waals surface area contributed by atoms with Gasteiger partial charge in [-0.25, -0.2) is 0 Å². The Kier molecular flexibility index (Phi) is 3.72. The first-order valence-electron chi connectivity index (χ1n) is 5.11. The number of amides is 1. The molecule has 3 heteroatoms. The molecule has 0 saturated carbocycles. The number of carbonyl (C=O) groups is 1. The molecule has 3 nitrogen and oxygen atoms in total. The van der Waals surface area contributed by atoms with Gasteiger partial charge < -0.3 is 11.1 Å². The number of aryl methyl sites for hydroxylation is 2. The van der Waals surface area contributed by atoms with E-state index in [1.165, 1.54) is 11.1 Å². The smallest absolute Gasteiger partial charge is 0.222 e. The normalized spacial score (nSPS) is 12.2. The minimum atomic E-state index is -0.272. The molecule has 0 fully saturated rings. The molecule has 0 aliphatic carbocycles. The molecular formula is C12H18N2O. The van der Waals surface area contributed by atoms with E-state index in [4.69, 9.17) is 5.73 Å². The van der Waals surface area contributed by atoms with Gasteiger partial charge in [-0.1, -0.05) is 13.0 Å². The van der Waals surface area contributed by atoms with Gasteiger partial charge in [0.25, 0.3) is 0 Å². The van der Waals surface area contributed by atoms with Crippen LogP contribution in [0.15, 0.2) is 18.2 Å². The Bertz CT molecular complexity index is 361. The van der Waals surface area contributed by atoms with Gasteiger partial charge in [0, 0.05) is 12.2 Å². The maximum atomic E-state index is 10.8. The van der Waals surface area contributed by atoms with E-state index in [9.17, 15) is 4.79 Å². The first kappa shape index (κ1) is 11.6. The molecule has 1 rings (SSSR count). The quantitative estimate of drug-likeness (QED) is 0.789. The third-order valence-electron chi connectivity index (χ3n) is 2.60. The zero-order valence-corrected chi connectivity index (χ0v) is 9.50. The number of nitrogens with one attached hydrogen (secondary N) is 1. The average Bonchev–Trinajstić information content (AvgIpc) is 2.19. The molecule has 1 atom stereocenters. The summed E-state index contributed by atoms with van der Waals surface area (Å²) in [6, 6.07) is 6.14. The van der Waals surface area contributed by atoms with Gasteiger partial charge in [0.05, 0.1) is 5.92 Å². The van der Waals surface area contributed by atoms with Crippen LogP contribution in [0, 0.1) is 19.8 Å². The van der Waals surface area contributed by atoms with Gasteiger partial charge in [0.2, 0.25) is 5.91 Å². The summed E-state index contributed by atoms with van der Waals surface area (Å²) >= 11 is 0. The molecule has 0 aliphatic heterocycles. The van der Waals surface area contributed by atoms with Crippen LogP contribution in [0.4, 0.5) is 5.69 Å². The van der Waals surface area contributed by atoms with E-state index in [0.29, 0.717) is 6.54 Å². The van der Waals surface area contributed by atoms with Gasteiger partial charge >= 0.3 is 0 Å². The SMILES string of the molecule is Cc1ccc(NCC(C)C(N)=O)cc1C. The largest absolute Gasteiger partial charge is 0.384 e. The first-order valence-corrected chi connectivity index (χ1v) is 5.11. The number of hydrogen-bond acceptors (Lipinski definition) is 2. The molecular weight excluding hydrogens is 188 g/mol. The van der Waals surface area contributed by atoms with E-state index >= 15 is 0 Å². The summed E-state index contributed by atoms with van der Waals surface area (Å²) < 4.78 is 0. The van der Waals surface area contributed by atoms with Crippen LogP contribution in [-0.4, -0.2) is 12.5 Å². The van der Waals surface area contributed by atoms with Crippen LogP contribution in [0.3, 0.4) is 0 Å². The first-order chi connectivity index (χ1) is 7.00. The molecule has 0 aromatic heterocycles. The molecule has 0 aliphatic rings. The molecule has 15 heavy (non-hydrogen) atoms. The molecule has 1 unspecified atom stereocenters. The van der Waals surface area contributed by atoms with E-state index in [2.05, 4.69) is 31.3 Å². The topological polar surface area (TPSA) is 55.1 Å². The summed E-state index contributed by atoms with van der Waals surface area (Å²) in [5.74, 6) is -0.419. The molecule has 0 heterocycles. The fourth-order valence-electron chi connectivity index (χ4n) is 1.22. The van der Waals surface area contributed by atoms with Crippen molar-refractivity contribution in [2.45, 2.75) is 20.8 Å². The van der Waals surface area contributed by atoms with Crippen LogP contribution in [0.2, 0.25) is 0 Å². The van der Waals surface area contributed by atoms with Crippen LogP contribution in [0.5, 0.6) is 0 Å². The van der Waals surface area contributed by atoms with Gasteiger partial charge in [-0.3, -0.25) is 4.79 Å². The number of rotatable bonds is 4. The highest BCUT2D eigenvalue weighted by Gasteiger charge is 2.07. The Morgan fingerprint density at radius 1 is 1.40 bits per heavy atom. The fourth-order valence-corrected chi connectivity index (χ4v) is 1.22. The average molecular weight is 206 g/mol. The lowest BCUT2D eigenvalue weighted by Crippen LogP contribution is -2.26. The number of anilines is 1. The van der Waals surface area contributed by atoms with Gasteiger partial charge in [-0.15, -0.1) is 0 Å². The minimum absolute atomic E-state index is 0.147. The highest BCUT2D eigenvalue weighted by atomic mass is 16.1. The summed E-state index contributed by atoms with van der Waals surface area (Å²) in [4.78, 5) is 10.8. The van der Waals surface area contributed by atoms with E-state index in [0.717, 1.165) is 5.69 Å². The third-order valence-corrected chi connectivity index (χ3v) is 2.60. The van der Waals surface area contributed by atoms with E-state index in [1.807, 2.05) is 13.0 Å². The Morgan fingerprint density at radius 2 is 2.07 bits per heavy atom. The zero-order chi connectivity index (χ0) is 11.4. The molecule has 0 saturated heterocycles. The monoisotopic (exact) mass is 206 g/mol. The van der Waals surface area contributed by atoms with Crippen molar-refractivity contribution in [2.75, 3.05) is 11.9 Å². The van der Waals surface area contributed by atoms with Crippen LogP contribution in [0.25, 0.3) is 0 Å². The molecule has 1 amide bonds. The van der Waals surface area contributed by atoms with E-state index < -0.39 is 0 Å². The molecule has 0 spiro atoms. The molecule has 82 valence electrons. The van der Waals surface area contributed by atoms with Gasteiger partial charge in [0.1, 0.15) is 0 Å². The number of benzene rings is 1. The van der Waals surface area contributed by atoms with Gasteiger partial charge in [0.15, 0.2) is 0 Å². The number of hydrogen-bond donors (Lipinski definition) is 2. The lowest BCUT2D eigenvalue weighted by Gasteiger charge is -2.11. The number of primary amides is 1. The van der Waals surface area contributed by atoms with Crippen LogP contribution in [0.1, 0.15) is 18.1 Å². The minimum Gasteiger partial charge on any atom is -0.384 e. The highest BCUT2D eigenvalue weighted by molar-refractivity contribution is 5.76. The molecule has 0 bridgehead atoms. The second-order valence-electron chi connectivity index (χ2n) is 3.98. The van der Waals surface area contributed by atoms with Crippen molar-refractivity contribution in [1.29, 1.82) is 0 Å². The van der Waals surface area contributed by atoms with Crippen LogP contribution in [-0.2, 0) is 4.79 Å². The van der Waals surface area contributed by atoms with Gasteiger partial charge in [-0.05, 0) is 37.1 Å². The lowest BCUT2D eigenvalue weighted by atomic mass is 10.1. The second kappa shape index (κ2) is 4.82. The Hall–Kier alpha value is -1.51. The van der Waals surface area contributed by atoms with Crippen molar-refractivity contribution in [3.8, 4) is 0 Å². The fraction of sp³-hybridized carbons (Fsp3) is 0.417. The highest BCUT2D eigenvalue weighted by Crippen LogP contribution is 2.14. The summed E-state index contributed by atoms with van der Waals surface area (Å²) in [5, 5.41) is 3.19. The Morgan fingerprint density at radius 3 is 2.60 bits per heavy atom. The third kappa shape index (κ3) is 3.27. The van der Waals surface area contributed by atoms with Crippen molar-refractivity contribution < 1.29 is 4.79 Å². The predicted molar refractivity (Wildman–Crippen MR) is 62.8 cm³/mol. The zero-order valence-electron chi connectivity index (χ0n) is 9.50. The maximum Gasteiger partial charge on any atom is 0.222 e. The van der Waals surface area contributed by atoms with Crippen LogP contribution < -0.4 is 11.1 Å². The summed E-state index contributed by atoms with van der Waals surface area (Å²) in [6.07, 6.45) is 0. The Labute approximate surface area is 90.7 Å². The van der Waals surface area contributed by atoms with Crippen molar-refractivity contribution >= 4 is 11.6 Å². The van der Waals surface area contributed by atoms with Crippen molar-refractivity contribution in [3.63, 3.8) is 0 Å².